The van der Waals surface area contributed by atoms with E-state index in [0.717, 1.165) is 0 Å². The second kappa shape index (κ2) is 4.54. The van der Waals surface area contributed by atoms with Gasteiger partial charge in [-0.05, 0) is 0 Å². The molecule has 0 saturated carbocycles. The van der Waals surface area contributed by atoms with Crippen LogP contribution in [0, 0.1) is 0 Å². The lowest BCUT2D eigenvalue weighted by Gasteiger charge is -2.47. The molecule has 0 amide bonds. The van der Waals surface area contributed by atoms with Crippen molar-refractivity contribution in [2.75, 3.05) is 6.16 Å². The molecule has 0 aliphatic carbocycles. The molecule has 1 rings (SSSR count). The van der Waals surface area contributed by atoms with E-state index < -0.39 is 44.8 Å². The van der Waals surface area contributed by atoms with Gasteiger partial charge < -0.3 is 39.8 Å². The zero-order valence-corrected chi connectivity index (χ0v) is 8.36. The molecule has 15 heavy (non-hydrogen) atoms. The van der Waals surface area contributed by atoms with Crippen LogP contribution in [-0.4, -0.2) is 57.3 Å². The van der Waals surface area contributed by atoms with Crippen LogP contribution in [0.1, 0.15) is 0 Å². The van der Waals surface area contributed by atoms with Gasteiger partial charge in [0.15, 0.2) is 6.29 Å². The number of aliphatic hydroxyl groups excluding tert-OH is 4. The van der Waals surface area contributed by atoms with Crippen LogP contribution in [-0.2, 0) is 4.74 Å². The van der Waals surface area contributed by atoms with Gasteiger partial charge in [0.05, 0.1) is 6.16 Å². The second-order valence-corrected chi connectivity index (χ2v) is 4.92. The molecule has 4 N–H and O–H groups in total. The van der Waals surface area contributed by atoms with Gasteiger partial charge >= 0.3 is 0 Å². The van der Waals surface area contributed by atoms with Gasteiger partial charge in [0.2, 0.25) is 0 Å². The van der Waals surface area contributed by atoms with E-state index in [9.17, 15) is 19.8 Å². The quantitative estimate of drug-likeness (QED) is 0.349. The van der Waals surface area contributed by atoms with E-state index in [1.54, 1.807) is 0 Å². The minimum Gasteiger partial charge on any atom is -0.688 e. The van der Waals surface area contributed by atoms with E-state index in [-0.39, 0.29) is 0 Å². The predicted octanol–water partition coefficient (Wildman–Crippen LogP) is -5.37. The SMILES string of the molecule is [O-][P+]([O-])([O-])C[C@H]1OC(O)[C@H](O)[C@@H](O)[C@@H]1O. The molecule has 0 aromatic heterocycles. The Morgan fingerprint density at radius 1 is 0.933 bits per heavy atom. The Hall–Kier alpha value is 0.110. The van der Waals surface area contributed by atoms with Crippen LogP contribution < -0.4 is 14.7 Å². The molecule has 1 fully saturated rings. The summed E-state index contributed by atoms with van der Waals surface area (Å²) in [6.07, 6.45) is -9.67. The van der Waals surface area contributed by atoms with E-state index in [2.05, 4.69) is 4.74 Å². The molecule has 0 aromatic carbocycles. The standard InChI is InChI=1S/C6H13O8P/c7-3-2(1-15(11,12)13)14-6(10)5(9)4(3)8/h2-10H,1H2,(H2,11,12,13)/p-2/t2-,3-,4+,5-,6?/m1/s1. The zero-order chi connectivity index (χ0) is 11.8. The molecule has 1 heterocycles. The monoisotopic (exact) mass is 242 g/mol. The molecule has 0 radical (unpaired) electrons. The molecule has 1 saturated heterocycles. The molecule has 90 valence electrons. The molecule has 9 heteroatoms. The molecule has 1 aliphatic heterocycles. The summed E-state index contributed by atoms with van der Waals surface area (Å²) in [7, 11) is -4.93. The van der Waals surface area contributed by atoms with Crippen LogP contribution in [0.4, 0.5) is 0 Å². The summed E-state index contributed by atoms with van der Waals surface area (Å²) in [4.78, 5) is 31.2. The van der Waals surface area contributed by atoms with Crippen molar-refractivity contribution in [1.82, 2.24) is 0 Å². The first-order chi connectivity index (χ1) is 6.72. The predicted molar refractivity (Wildman–Crippen MR) is 40.7 cm³/mol. The van der Waals surface area contributed by atoms with Crippen molar-refractivity contribution in [3.05, 3.63) is 0 Å². The summed E-state index contributed by atoms with van der Waals surface area (Å²) < 4.78 is 4.48. The van der Waals surface area contributed by atoms with Crippen LogP contribution >= 0.6 is 7.94 Å². The second-order valence-electron chi connectivity index (χ2n) is 3.33. The van der Waals surface area contributed by atoms with Gasteiger partial charge in [-0.2, -0.15) is 7.94 Å². The maximum atomic E-state index is 10.4. The fourth-order valence-corrected chi connectivity index (χ4v) is 2.04. The molecule has 0 aromatic rings. The zero-order valence-electron chi connectivity index (χ0n) is 7.46. The largest absolute Gasteiger partial charge is 0.688 e. The lowest BCUT2D eigenvalue weighted by molar-refractivity contribution is -0.429. The first-order valence-corrected chi connectivity index (χ1v) is 5.84. The minimum atomic E-state index is -4.93. The minimum absolute atomic E-state index is 1.06. The fraction of sp³-hybridized carbons (Fsp3) is 1.00. The first-order valence-electron chi connectivity index (χ1n) is 4.11. The lowest BCUT2D eigenvalue weighted by Crippen LogP contribution is -2.59. The summed E-state index contributed by atoms with van der Waals surface area (Å²) in [6, 6.07) is 0. The highest BCUT2D eigenvalue weighted by atomic mass is 31.2. The van der Waals surface area contributed by atoms with Crippen molar-refractivity contribution in [2.24, 2.45) is 0 Å². The number of ether oxygens (including phenoxy) is 1. The molecule has 1 aliphatic rings. The summed E-state index contributed by atoms with van der Waals surface area (Å²) in [6.45, 7) is 0. The Kier molecular flexibility index (Phi) is 3.99. The normalized spacial score (nSPS) is 43.0. The average Bonchev–Trinajstić information content (AvgIpc) is 2.08. The molecule has 0 bridgehead atoms. The van der Waals surface area contributed by atoms with Crippen LogP contribution in [0.3, 0.4) is 0 Å². The van der Waals surface area contributed by atoms with Gasteiger partial charge in [-0.25, -0.2) is 0 Å². The van der Waals surface area contributed by atoms with Crippen LogP contribution in [0.2, 0.25) is 0 Å². The lowest BCUT2D eigenvalue weighted by atomic mass is 10.0. The van der Waals surface area contributed by atoms with Crippen molar-refractivity contribution >= 4 is 7.94 Å². The Morgan fingerprint density at radius 3 is 1.93 bits per heavy atom. The van der Waals surface area contributed by atoms with E-state index >= 15 is 0 Å². The third-order valence-corrected chi connectivity index (χ3v) is 2.90. The highest BCUT2D eigenvalue weighted by molar-refractivity contribution is 7.54. The van der Waals surface area contributed by atoms with Crippen LogP contribution in [0.5, 0.6) is 0 Å². The Labute approximate surface area is 85.6 Å². The summed E-state index contributed by atoms with van der Waals surface area (Å²) in [5.74, 6) is 0. The van der Waals surface area contributed by atoms with Gasteiger partial charge in [0, 0.05) is 0 Å². The Morgan fingerprint density at radius 2 is 1.47 bits per heavy atom. The van der Waals surface area contributed by atoms with E-state index in [1.807, 2.05) is 0 Å². The first kappa shape index (κ1) is 13.2. The molecule has 0 spiro atoms. The van der Waals surface area contributed by atoms with Crippen molar-refractivity contribution in [3.63, 3.8) is 0 Å². The molecular weight excluding hydrogens is 231 g/mol. The van der Waals surface area contributed by atoms with Gasteiger partial charge in [-0.1, -0.05) is 0 Å². The highest BCUT2D eigenvalue weighted by Crippen LogP contribution is 2.33. The van der Waals surface area contributed by atoms with E-state index in [1.165, 1.54) is 0 Å². The number of hydrogen-bond donors (Lipinski definition) is 4. The fourth-order valence-electron chi connectivity index (χ4n) is 1.30. The maximum Gasteiger partial charge on any atom is 0.184 e. The van der Waals surface area contributed by atoms with E-state index in [4.69, 9.17) is 15.3 Å². The molecule has 5 atom stereocenters. The summed E-state index contributed by atoms with van der Waals surface area (Å²) in [5.41, 5.74) is 0. The Balaban J connectivity index is 2.67. The van der Waals surface area contributed by atoms with Gasteiger partial charge in [0.25, 0.3) is 0 Å². The number of aliphatic hydroxyl groups is 4. The summed E-state index contributed by atoms with van der Waals surface area (Å²) >= 11 is 0. The topological polar surface area (TPSA) is 159 Å². The van der Waals surface area contributed by atoms with Gasteiger partial charge in [0.1, 0.15) is 24.4 Å². The van der Waals surface area contributed by atoms with E-state index in [0.29, 0.717) is 0 Å². The third-order valence-electron chi connectivity index (χ3n) is 2.09. The average molecular weight is 242 g/mol. The molecule has 1 unspecified atom stereocenters. The Bertz CT molecular complexity index is 218. The van der Waals surface area contributed by atoms with Crippen molar-refractivity contribution in [3.8, 4) is 0 Å². The van der Waals surface area contributed by atoms with Gasteiger partial charge in [-0.15, -0.1) is 0 Å². The highest BCUT2D eigenvalue weighted by Gasteiger charge is 2.43. The third kappa shape index (κ3) is 3.28. The smallest absolute Gasteiger partial charge is 0.184 e. The summed E-state index contributed by atoms with van der Waals surface area (Å²) in [5, 5.41) is 36.4. The molecule has 8 nitrogen and oxygen atoms in total. The molecular formula is C6H11O8P-2. The van der Waals surface area contributed by atoms with Crippen LogP contribution in [0.15, 0.2) is 0 Å². The van der Waals surface area contributed by atoms with Crippen molar-refractivity contribution < 1.29 is 39.8 Å². The maximum absolute atomic E-state index is 10.4. The van der Waals surface area contributed by atoms with Crippen molar-refractivity contribution in [1.29, 1.82) is 0 Å². The van der Waals surface area contributed by atoms with Crippen molar-refractivity contribution in [2.45, 2.75) is 30.7 Å². The number of rotatable bonds is 2. The van der Waals surface area contributed by atoms with Crippen LogP contribution in [0.25, 0.3) is 0 Å². The van der Waals surface area contributed by atoms with Gasteiger partial charge in [-0.3, -0.25) is 0 Å². The number of hydrogen-bond acceptors (Lipinski definition) is 8.